The fraction of sp³-hybridized carbons (Fsp3) is 0. The molecule has 17 rings (SSSR count). The van der Waals surface area contributed by atoms with Gasteiger partial charge in [-0.2, -0.15) is 10.5 Å². The Morgan fingerprint density at radius 3 is 0.969 bits per heavy atom. The standard InChI is InChI=1S/C90H54N8/c1-93-81-36-19-18-35-74(81)68-42-48-87(98-84-45-39-64(60-25-10-4-11-26-60)52-77(84)78-53-65(40-46-85(78)98)61-27-12-5-13-28-61)80(55-68)90-95-88(69-32-20-31-66(49-69)72-33-16-14-29-70(72)56-91)94-89(96-90)79-54-67(73-34-17-15-30-71(73)57-92)41-47-86(79)97-82-43-37-62(58-21-6-2-7-22-58)50-75(82)76-51-63(38-44-83(76)97)59-23-8-3-9-24-59/h2-55H. The molecule has 14 aromatic carbocycles. The molecule has 0 amide bonds. The summed E-state index contributed by atoms with van der Waals surface area (Å²) in [7, 11) is 0. The molecule has 3 heterocycles. The summed E-state index contributed by atoms with van der Waals surface area (Å²) in [6.45, 7) is 8.43. The molecule has 17 aromatic rings. The molecule has 8 nitrogen and oxygen atoms in total. The lowest BCUT2D eigenvalue weighted by Gasteiger charge is -2.19. The van der Waals surface area contributed by atoms with Crippen LogP contribution in [-0.2, 0) is 0 Å². The third-order valence-electron chi connectivity index (χ3n) is 18.7. The molecule has 0 saturated carbocycles. The Morgan fingerprint density at radius 1 is 0.255 bits per heavy atom. The van der Waals surface area contributed by atoms with E-state index in [1.165, 1.54) is 0 Å². The molecule has 454 valence electrons. The molecule has 0 unspecified atom stereocenters. The zero-order valence-corrected chi connectivity index (χ0v) is 52.8. The Balaban J connectivity index is 0.982. The highest BCUT2D eigenvalue weighted by Gasteiger charge is 2.26. The SMILES string of the molecule is [C-]#[N+]c1ccccc1-c1ccc(-n2c3ccc(-c4ccccc4)cc3c3cc(-c4ccccc4)ccc32)c(-c2nc(-c3cccc(-c4ccccc4C#N)c3)nc(-c3cc(-c4ccccc4C#N)ccc3-n3c4ccc(-c5ccccc5)cc4c4cc(-c5ccccc5)ccc43)n2)c1. The molecule has 98 heavy (non-hydrogen) atoms. The van der Waals surface area contributed by atoms with Crippen molar-refractivity contribution in [3.05, 3.63) is 350 Å². The molecular weight excluding hydrogens is 1190 g/mol. The molecule has 0 N–H and O–H groups in total. The highest BCUT2D eigenvalue weighted by molar-refractivity contribution is 6.14. The van der Waals surface area contributed by atoms with Gasteiger partial charge in [-0.1, -0.05) is 237 Å². The van der Waals surface area contributed by atoms with Crippen LogP contribution in [0.5, 0.6) is 0 Å². The van der Waals surface area contributed by atoms with Crippen LogP contribution in [-0.4, -0.2) is 24.1 Å². The quantitative estimate of drug-likeness (QED) is 0.113. The van der Waals surface area contributed by atoms with Crippen LogP contribution in [0.2, 0.25) is 0 Å². The minimum absolute atomic E-state index is 0.371. The van der Waals surface area contributed by atoms with Crippen LogP contribution >= 0.6 is 0 Å². The van der Waals surface area contributed by atoms with Crippen LogP contribution < -0.4 is 0 Å². The Bertz CT molecular complexity index is 5630. The van der Waals surface area contributed by atoms with E-state index in [0.717, 1.165) is 133 Å². The third-order valence-corrected chi connectivity index (χ3v) is 18.7. The lowest BCUT2D eigenvalue weighted by Crippen LogP contribution is -2.06. The molecule has 0 spiro atoms. The van der Waals surface area contributed by atoms with Crippen molar-refractivity contribution in [2.45, 2.75) is 0 Å². The normalized spacial score (nSPS) is 11.2. The van der Waals surface area contributed by atoms with E-state index in [2.05, 4.69) is 232 Å². The van der Waals surface area contributed by atoms with E-state index in [0.29, 0.717) is 51.0 Å². The zero-order chi connectivity index (χ0) is 65.6. The van der Waals surface area contributed by atoms with E-state index in [9.17, 15) is 10.5 Å². The van der Waals surface area contributed by atoms with Crippen LogP contribution in [0, 0.1) is 29.2 Å². The van der Waals surface area contributed by atoms with E-state index >= 15 is 0 Å². The number of para-hydroxylation sites is 1. The van der Waals surface area contributed by atoms with Crippen molar-refractivity contribution in [3.8, 4) is 136 Å². The van der Waals surface area contributed by atoms with Crippen molar-refractivity contribution >= 4 is 49.3 Å². The Hall–Kier alpha value is -13.8. The number of aromatic nitrogens is 5. The highest BCUT2D eigenvalue weighted by Crippen LogP contribution is 2.45. The number of fused-ring (bicyclic) bond motifs is 6. The molecule has 0 atom stereocenters. The lowest BCUT2D eigenvalue weighted by molar-refractivity contribution is 1.06. The third kappa shape index (κ3) is 10.3. The van der Waals surface area contributed by atoms with Crippen LogP contribution in [0.15, 0.2) is 328 Å². The first-order valence-electron chi connectivity index (χ1n) is 32.5. The first kappa shape index (κ1) is 58.0. The molecule has 3 aromatic heterocycles. The van der Waals surface area contributed by atoms with Gasteiger partial charge in [0, 0.05) is 38.2 Å². The first-order chi connectivity index (χ1) is 48.4. The molecule has 0 aliphatic rings. The van der Waals surface area contributed by atoms with Crippen molar-refractivity contribution in [3.63, 3.8) is 0 Å². The van der Waals surface area contributed by atoms with Crippen molar-refractivity contribution in [1.29, 1.82) is 10.5 Å². The highest BCUT2D eigenvalue weighted by atomic mass is 15.1. The van der Waals surface area contributed by atoms with Gasteiger partial charge >= 0.3 is 0 Å². The maximum absolute atomic E-state index is 10.8. The summed E-state index contributed by atoms with van der Waals surface area (Å²) in [4.78, 5) is 21.2. The molecule has 0 radical (unpaired) electrons. The summed E-state index contributed by atoms with van der Waals surface area (Å²) >= 11 is 0. The minimum atomic E-state index is 0.371. The molecule has 0 aliphatic carbocycles. The number of hydrogen-bond acceptors (Lipinski definition) is 5. The number of benzene rings is 14. The molecule has 0 bridgehead atoms. The summed E-state index contributed by atoms with van der Waals surface area (Å²) in [6, 6.07) is 117. The first-order valence-corrected chi connectivity index (χ1v) is 32.5. The average Bonchev–Trinajstić information content (AvgIpc) is 1.56. The Labute approximate surface area is 566 Å². The maximum atomic E-state index is 10.8. The summed E-state index contributed by atoms with van der Waals surface area (Å²) < 4.78 is 4.65. The van der Waals surface area contributed by atoms with Crippen LogP contribution in [0.3, 0.4) is 0 Å². The molecule has 0 aliphatic heterocycles. The van der Waals surface area contributed by atoms with Crippen LogP contribution in [0.1, 0.15) is 11.1 Å². The van der Waals surface area contributed by atoms with Gasteiger partial charge < -0.3 is 9.13 Å². The average molecular weight is 1250 g/mol. The fourth-order valence-electron chi connectivity index (χ4n) is 14.0. The zero-order valence-electron chi connectivity index (χ0n) is 52.8. The van der Waals surface area contributed by atoms with Crippen LogP contribution in [0.4, 0.5) is 5.69 Å². The van der Waals surface area contributed by atoms with Crippen molar-refractivity contribution < 1.29 is 0 Å². The predicted molar refractivity (Wildman–Crippen MR) is 399 cm³/mol. The molecule has 0 saturated heterocycles. The number of rotatable bonds is 12. The fourth-order valence-corrected chi connectivity index (χ4v) is 14.0. The number of nitrogens with zero attached hydrogens (tertiary/aromatic N) is 8. The summed E-state index contributed by atoms with van der Waals surface area (Å²) in [6.07, 6.45) is 0. The van der Waals surface area contributed by atoms with Crippen molar-refractivity contribution in [1.82, 2.24) is 24.1 Å². The van der Waals surface area contributed by atoms with Gasteiger partial charge in [0.1, 0.15) is 0 Å². The van der Waals surface area contributed by atoms with Gasteiger partial charge in [0.15, 0.2) is 23.2 Å². The van der Waals surface area contributed by atoms with Gasteiger partial charge in [-0.3, -0.25) is 0 Å². The van der Waals surface area contributed by atoms with E-state index < -0.39 is 0 Å². The summed E-state index contributed by atoms with van der Waals surface area (Å²) in [5.74, 6) is 1.13. The van der Waals surface area contributed by atoms with E-state index in [4.69, 9.17) is 21.5 Å². The maximum Gasteiger partial charge on any atom is 0.194 e. The van der Waals surface area contributed by atoms with Gasteiger partial charge in [-0.25, -0.2) is 19.8 Å². The molecular formula is C90H54N8. The van der Waals surface area contributed by atoms with Gasteiger partial charge in [0.25, 0.3) is 0 Å². The van der Waals surface area contributed by atoms with Crippen molar-refractivity contribution in [2.24, 2.45) is 0 Å². The minimum Gasteiger partial charge on any atom is -0.308 e. The second kappa shape index (κ2) is 24.6. The van der Waals surface area contributed by atoms with Crippen molar-refractivity contribution in [2.75, 3.05) is 0 Å². The molecule has 0 fully saturated rings. The van der Waals surface area contributed by atoms with Gasteiger partial charge in [-0.05, 0) is 169 Å². The van der Waals surface area contributed by atoms with Crippen LogP contribution in [0.25, 0.3) is 172 Å². The Kier molecular flexibility index (Phi) is 14.5. The summed E-state index contributed by atoms with van der Waals surface area (Å²) in [5.41, 5.74) is 22.6. The monoisotopic (exact) mass is 1250 g/mol. The number of hydrogen-bond donors (Lipinski definition) is 0. The second-order valence-corrected chi connectivity index (χ2v) is 24.4. The number of nitriles is 2. The van der Waals surface area contributed by atoms with Gasteiger partial charge in [0.05, 0.1) is 63.3 Å². The predicted octanol–water partition coefficient (Wildman–Crippen LogP) is 23.0. The lowest BCUT2D eigenvalue weighted by atomic mass is 9.97. The topological polar surface area (TPSA) is 100 Å². The largest absolute Gasteiger partial charge is 0.308 e. The van der Waals surface area contributed by atoms with E-state index in [-0.39, 0.29) is 0 Å². The van der Waals surface area contributed by atoms with E-state index in [1.54, 1.807) is 0 Å². The van der Waals surface area contributed by atoms with E-state index in [1.807, 2.05) is 121 Å². The smallest absolute Gasteiger partial charge is 0.194 e. The summed E-state index contributed by atoms with van der Waals surface area (Å²) in [5, 5.41) is 25.5. The molecule has 8 heteroatoms. The second-order valence-electron chi connectivity index (χ2n) is 24.4. The van der Waals surface area contributed by atoms with Gasteiger partial charge in [-0.15, -0.1) is 0 Å². The van der Waals surface area contributed by atoms with Gasteiger partial charge in [0.2, 0.25) is 0 Å². The Morgan fingerprint density at radius 2 is 0.571 bits per heavy atom.